The van der Waals surface area contributed by atoms with Crippen molar-refractivity contribution in [2.24, 2.45) is 0 Å². The van der Waals surface area contributed by atoms with E-state index < -0.39 is 22.6 Å². The molecule has 0 aromatic heterocycles. The van der Waals surface area contributed by atoms with Crippen molar-refractivity contribution in [3.05, 3.63) is 24.3 Å². The first-order chi connectivity index (χ1) is 8.63. The number of hydrogen-bond acceptors (Lipinski definition) is 3. The van der Waals surface area contributed by atoms with Crippen LogP contribution in [-0.4, -0.2) is 39.8 Å². The van der Waals surface area contributed by atoms with Gasteiger partial charge < -0.3 is 4.90 Å². The minimum absolute atomic E-state index is 0.0271. The summed E-state index contributed by atoms with van der Waals surface area (Å²) in [6.45, 7) is -1.10. The third-order valence-electron chi connectivity index (χ3n) is 2.35. The monoisotopic (exact) mass is 315 g/mol. The van der Waals surface area contributed by atoms with E-state index in [0.717, 1.165) is 11.2 Å². The highest BCUT2D eigenvalue weighted by molar-refractivity contribution is 7.90. The Kier molecular flexibility index (Phi) is 5.09. The van der Waals surface area contributed by atoms with Crippen molar-refractivity contribution in [2.45, 2.75) is 11.1 Å². The molecule has 19 heavy (non-hydrogen) atoms. The first kappa shape index (κ1) is 16.1. The van der Waals surface area contributed by atoms with Crippen molar-refractivity contribution in [3.8, 4) is 0 Å². The maximum absolute atomic E-state index is 12.4. The lowest BCUT2D eigenvalue weighted by Crippen LogP contribution is -2.35. The van der Waals surface area contributed by atoms with Crippen LogP contribution >= 0.6 is 11.6 Å². The smallest absolute Gasteiger partial charge is 0.361 e. The number of sulfone groups is 1. The molecule has 0 heterocycles. The van der Waals surface area contributed by atoms with Gasteiger partial charge in [0.05, 0.1) is 4.90 Å². The molecule has 108 valence electrons. The van der Waals surface area contributed by atoms with E-state index in [1.165, 1.54) is 24.3 Å². The third-order valence-corrected chi connectivity index (χ3v) is 3.65. The number of hydrogen-bond donors (Lipinski definition) is 0. The highest BCUT2D eigenvalue weighted by Gasteiger charge is 2.30. The van der Waals surface area contributed by atoms with Crippen molar-refractivity contribution < 1.29 is 21.6 Å². The van der Waals surface area contributed by atoms with E-state index >= 15 is 0 Å². The summed E-state index contributed by atoms with van der Waals surface area (Å²) in [7, 11) is -3.36. The maximum atomic E-state index is 12.4. The van der Waals surface area contributed by atoms with Crippen molar-refractivity contribution in [1.29, 1.82) is 0 Å². The van der Waals surface area contributed by atoms with Crippen LogP contribution < -0.4 is 4.90 Å². The quantitative estimate of drug-likeness (QED) is 0.784. The SMILES string of the molecule is CS(=O)(=O)c1ccc(N(CCCl)CC(F)(F)F)cc1. The van der Waals surface area contributed by atoms with E-state index in [2.05, 4.69) is 0 Å². The van der Waals surface area contributed by atoms with Crippen LogP contribution in [0.25, 0.3) is 0 Å². The lowest BCUT2D eigenvalue weighted by atomic mass is 10.3. The number of anilines is 1. The molecule has 0 unspecified atom stereocenters. The van der Waals surface area contributed by atoms with Crippen LogP contribution in [0.4, 0.5) is 18.9 Å². The van der Waals surface area contributed by atoms with E-state index in [9.17, 15) is 21.6 Å². The largest absolute Gasteiger partial charge is 0.405 e. The van der Waals surface area contributed by atoms with Crippen LogP contribution in [0.1, 0.15) is 0 Å². The molecular formula is C11H13ClF3NO2S. The molecular weight excluding hydrogens is 303 g/mol. The van der Waals surface area contributed by atoms with Gasteiger partial charge in [0.25, 0.3) is 0 Å². The van der Waals surface area contributed by atoms with Gasteiger partial charge in [0.2, 0.25) is 0 Å². The fraction of sp³-hybridized carbons (Fsp3) is 0.455. The molecule has 0 aliphatic heterocycles. The Hall–Kier alpha value is -0.950. The molecule has 3 nitrogen and oxygen atoms in total. The summed E-state index contributed by atoms with van der Waals surface area (Å²) < 4.78 is 59.7. The molecule has 0 aliphatic carbocycles. The van der Waals surface area contributed by atoms with Crippen LogP contribution in [0.15, 0.2) is 29.2 Å². The van der Waals surface area contributed by atoms with Crippen molar-refractivity contribution >= 4 is 27.1 Å². The Morgan fingerprint density at radius 3 is 2.11 bits per heavy atom. The molecule has 0 saturated heterocycles. The van der Waals surface area contributed by atoms with Crippen LogP contribution in [0.2, 0.25) is 0 Å². The lowest BCUT2D eigenvalue weighted by molar-refractivity contribution is -0.119. The van der Waals surface area contributed by atoms with Crippen LogP contribution in [0, 0.1) is 0 Å². The molecule has 0 saturated carbocycles. The van der Waals surface area contributed by atoms with Crippen LogP contribution in [0.5, 0.6) is 0 Å². The van der Waals surface area contributed by atoms with Crippen LogP contribution in [-0.2, 0) is 9.84 Å². The van der Waals surface area contributed by atoms with Gasteiger partial charge in [-0.15, -0.1) is 11.6 Å². The first-order valence-electron chi connectivity index (χ1n) is 5.31. The highest BCUT2D eigenvalue weighted by atomic mass is 35.5. The average Bonchev–Trinajstić information content (AvgIpc) is 2.26. The normalized spacial score (nSPS) is 12.5. The minimum Gasteiger partial charge on any atom is -0.361 e. The fourth-order valence-corrected chi connectivity index (χ4v) is 2.36. The van der Waals surface area contributed by atoms with Crippen molar-refractivity contribution in [1.82, 2.24) is 0 Å². The summed E-state index contributed by atoms with van der Waals surface area (Å²) >= 11 is 5.47. The second-order valence-electron chi connectivity index (χ2n) is 3.99. The summed E-state index contributed by atoms with van der Waals surface area (Å²) in [6, 6.07) is 5.24. The summed E-state index contributed by atoms with van der Waals surface area (Å²) in [5.41, 5.74) is 0.283. The van der Waals surface area contributed by atoms with Gasteiger partial charge in [-0.3, -0.25) is 0 Å². The van der Waals surface area contributed by atoms with Gasteiger partial charge in [0.1, 0.15) is 6.54 Å². The fourth-order valence-electron chi connectivity index (χ4n) is 1.52. The van der Waals surface area contributed by atoms with Crippen LogP contribution in [0.3, 0.4) is 0 Å². The summed E-state index contributed by atoms with van der Waals surface area (Å²) in [5.74, 6) is 0.0455. The van der Waals surface area contributed by atoms with Gasteiger partial charge in [-0.1, -0.05) is 0 Å². The minimum atomic E-state index is -4.35. The van der Waals surface area contributed by atoms with Gasteiger partial charge in [0.15, 0.2) is 9.84 Å². The molecule has 0 amide bonds. The average molecular weight is 316 g/mol. The zero-order chi connectivity index (χ0) is 14.7. The van der Waals surface area contributed by atoms with Gasteiger partial charge in [-0.2, -0.15) is 13.2 Å². The molecule has 0 fully saturated rings. The molecule has 1 rings (SSSR count). The summed E-state index contributed by atoms with van der Waals surface area (Å²) in [5, 5.41) is 0. The van der Waals surface area contributed by atoms with E-state index in [4.69, 9.17) is 11.6 Å². The Morgan fingerprint density at radius 2 is 1.74 bits per heavy atom. The molecule has 1 aromatic rings. The molecule has 0 aliphatic rings. The molecule has 0 bridgehead atoms. The van der Waals surface area contributed by atoms with Gasteiger partial charge in [-0.25, -0.2) is 8.42 Å². The van der Waals surface area contributed by atoms with E-state index in [-0.39, 0.29) is 23.0 Å². The summed E-state index contributed by atoms with van der Waals surface area (Å²) in [6.07, 6.45) is -3.31. The topological polar surface area (TPSA) is 37.4 Å². The number of benzene rings is 1. The second kappa shape index (κ2) is 6.00. The zero-order valence-corrected chi connectivity index (χ0v) is 11.7. The van der Waals surface area contributed by atoms with E-state index in [1.807, 2.05) is 0 Å². The van der Waals surface area contributed by atoms with E-state index in [1.54, 1.807) is 0 Å². The predicted octanol–water partition coefficient (Wildman–Crippen LogP) is 2.70. The Morgan fingerprint density at radius 1 is 1.21 bits per heavy atom. The predicted molar refractivity (Wildman–Crippen MR) is 68.5 cm³/mol. The first-order valence-corrected chi connectivity index (χ1v) is 7.74. The molecule has 8 heteroatoms. The Balaban J connectivity index is 2.98. The Bertz CT molecular complexity index is 514. The molecule has 0 atom stereocenters. The number of nitrogens with zero attached hydrogens (tertiary/aromatic N) is 1. The molecule has 0 radical (unpaired) electrons. The molecule has 0 N–H and O–H groups in total. The van der Waals surface area contributed by atoms with E-state index in [0.29, 0.717) is 0 Å². The molecule has 0 spiro atoms. The third kappa shape index (κ3) is 5.28. The standard InChI is InChI=1S/C11H13ClF3NO2S/c1-19(17,18)10-4-2-9(3-5-10)16(7-6-12)8-11(13,14)15/h2-5H,6-8H2,1H3. The number of rotatable bonds is 5. The number of alkyl halides is 4. The van der Waals surface area contributed by atoms with Gasteiger partial charge in [-0.05, 0) is 24.3 Å². The zero-order valence-electron chi connectivity index (χ0n) is 10.1. The maximum Gasteiger partial charge on any atom is 0.405 e. The summed E-state index contributed by atoms with van der Waals surface area (Å²) in [4.78, 5) is 1.12. The van der Waals surface area contributed by atoms with Crippen molar-refractivity contribution in [3.63, 3.8) is 0 Å². The highest BCUT2D eigenvalue weighted by Crippen LogP contribution is 2.23. The van der Waals surface area contributed by atoms with Crippen molar-refractivity contribution in [2.75, 3.05) is 30.1 Å². The lowest BCUT2D eigenvalue weighted by Gasteiger charge is -2.25. The van der Waals surface area contributed by atoms with Gasteiger partial charge >= 0.3 is 6.18 Å². The Labute approximate surface area is 114 Å². The second-order valence-corrected chi connectivity index (χ2v) is 6.39. The molecule has 1 aromatic carbocycles. The number of halogens is 4. The van der Waals surface area contributed by atoms with Gasteiger partial charge in [0, 0.05) is 24.4 Å².